The lowest BCUT2D eigenvalue weighted by atomic mass is 10.0. The van der Waals surface area contributed by atoms with Crippen molar-refractivity contribution in [3.8, 4) is 0 Å². The summed E-state index contributed by atoms with van der Waals surface area (Å²) >= 11 is 0. The Kier molecular flexibility index (Phi) is 28.8. The average molecular weight is 605 g/mol. The van der Waals surface area contributed by atoms with Gasteiger partial charge in [-0.2, -0.15) is 0 Å². The number of phosphoric acid groups is 1. The maximum Gasteiger partial charge on any atom is 0.472 e. The molecule has 0 bridgehead atoms. The number of aliphatic hydroxyl groups is 1. The summed E-state index contributed by atoms with van der Waals surface area (Å²) in [5.74, 6) is -0.198. The van der Waals surface area contributed by atoms with Crippen molar-refractivity contribution < 1.29 is 28.4 Å². The maximum absolute atomic E-state index is 12.6. The summed E-state index contributed by atoms with van der Waals surface area (Å²) in [6.07, 6.45) is 28.3. The Morgan fingerprint density at radius 1 is 0.780 bits per heavy atom. The molecule has 1 amide bonds. The van der Waals surface area contributed by atoms with Gasteiger partial charge in [0.05, 0.1) is 25.4 Å². The zero-order valence-corrected chi connectivity index (χ0v) is 27.4. The summed E-state index contributed by atoms with van der Waals surface area (Å²) < 4.78 is 21.9. The number of hydrogen-bond acceptors (Lipinski definition) is 6. The smallest absolute Gasteiger partial charge is 0.387 e. The monoisotopic (exact) mass is 604 g/mol. The summed E-state index contributed by atoms with van der Waals surface area (Å²) in [6, 6.07) is -0.850. The standard InChI is InChI=1S/C32H65N2O6P/c1-3-5-7-9-11-13-14-15-16-17-18-20-22-24-26-32(36)34-30(29-40-41(37,38)39-28-27-33)31(35)25-23-21-19-12-10-8-6-4-2/h23,25,30-31,35H,3-22,24,26-29,33H2,1-2H3,(H,34,36)(H,37,38)/b25-23+. The summed E-state index contributed by atoms with van der Waals surface area (Å²) in [7, 11) is -4.32. The maximum atomic E-state index is 12.6. The van der Waals surface area contributed by atoms with Crippen molar-refractivity contribution in [2.45, 2.75) is 167 Å². The molecule has 0 aliphatic carbocycles. The van der Waals surface area contributed by atoms with Gasteiger partial charge < -0.3 is 21.1 Å². The van der Waals surface area contributed by atoms with Gasteiger partial charge >= 0.3 is 7.82 Å². The summed E-state index contributed by atoms with van der Waals surface area (Å²) in [6.45, 7) is 4.07. The van der Waals surface area contributed by atoms with Crippen LogP contribution in [0, 0.1) is 0 Å². The van der Waals surface area contributed by atoms with E-state index >= 15 is 0 Å². The Balaban J connectivity index is 4.30. The third kappa shape index (κ3) is 27.8. The summed E-state index contributed by atoms with van der Waals surface area (Å²) in [5, 5.41) is 13.5. The molecule has 0 heterocycles. The highest BCUT2D eigenvalue weighted by molar-refractivity contribution is 7.47. The van der Waals surface area contributed by atoms with E-state index in [1.165, 1.54) is 96.3 Å². The van der Waals surface area contributed by atoms with Crippen molar-refractivity contribution in [1.82, 2.24) is 5.32 Å². The molecule has 3 unspecified atom stereocenters. The number of rotatable bonds is 31. The number of carbonyl (C=O) groups excluding carboxylic acids is 1. The van der Waals surface area contributed by atoms with E-state index in [0.29, 0.717) is 6.42 Å². The number of hydrogen-bond donors (Lipinski definition) is 4. The van der Waals surface area contributed by atoms with E-state index in [1.54, 1.807) is 6.08 Å². The predicted octanol–water partition coefficient (Wildman–Crippen LogP) is 8.10. The van der Waals surface area contributed by atoms with Crippen LogP contribution in [0.2, 0.25) is 0 Å². The van der Waals surface area contributed by atoms with E-state index < -0.39 is 20.0 Å². The van der Waals surface area contributed by atoms with Gasteiger partial charge in [0.15, 0.2) is 0 Å². The van der Waals surface area contributed by atoms with E-state index in [1.807, 2.05) is 6.08 Å². The third-order valence-corrected chi connectivity index (χ3v) is 8.35. The first kappa shape index (κ1) is 40.2. The molecule has 0 radical (unpaired) electrons. The van der Waals surface area contributed by atoms with Crippen LogP contribution >= 0.6 is 7.82 Å². The second-order valence-corrected chi connectivity index (χ2v) is 12.8. The molecule has 0 aromatic carbocycles. The van der Waals surface area contributed by atoms with E-state index in [2.05, 4.69) is 19.2 Å². The highest BCUT2D eigenvalue weighted by Gasteiger charge is 2.26. The molecule has 0 spiro atoms. The first-order chi connectivity index (χ1) is 19.9. The number of amides is 1. The average Bonchev–Trinajstić information content (AvgIpc) is 2.95. The van der Waals surface area contributed by atoms with Gasteiger partial charge in [-0.25, -0.2) is 4.57 Å². The lowest BCUT2D eigenvalue weighted by molar-refractivity contribution is -0.123. The van der Waals surface area contributed by atoms with Crippen LogP contribution in [0.3, 0.4) is 0 Å². The Morgan fingerprint density at radius 3 is 1.73 bits per heavy atom. The van der Waals surface area contributed by atoms with Crippen molar-refractivity contribution in [2.24, 2.45) is 5.73 Å². The Hall–Kier alpha value is -0.760. The van der Waals surface area contributed by atoms with Crippen molar-refractivity contribution in [1.29, 1.82) is 0 Å². The van der Waals surface area contributed by atoms with Crippen LogP contribution in [0.4, 0.5) is 0 Å². The van der Waals surface area contributed by atoms with Crippen LogP contribution in [0.5, 0.6) is 0 Å². The number of allylic oxidation sites excluding steroid dienone is 1. The normalized spacial score (nSPS) is 14.8. The zero-order valence-electron chi connectivity index (χ0n) is 26.5. The molecule has 3 atom stereocenters. The molecule has 0 aliphatic heterocycles. The van der Waals surface area contributed by atoms with Crippen molar-refractivity contribution in [3.05, 3.63) is 12.2 Å². The molecule has 0 saturated carbocycles. The number of nitrogens with one attached hydrogen (secondary N) is 1. The van der Waals surface area contributed by atoms with Crippen LogP contribution in [0.15, 0.2) is 12.2 Å². The fraction of sp³-hybridized carbons (Fsp3) is 0.906. The minimum Gasteiger partial charge on any atom is -0.387 e. The lowest BCUT2D eigenvalue weighted by Crippen LogP contribution is -2.45. The third-order valence-electron chi connectivity index (χ3n) is 7.36. The number of nitrogens with two attached hydrogens (primary N) is 1. The van der Waals surface area contributed by atoms with Crippen molar-refractivity contribution >= 4 is 13.7 Å². The molecule has 5 N–H and O–H groups in total. The summed E-state index contributed by atoms with van der Waals surface area (Å²) in [5.41, 5.74) is 5.33. The van der Waals surface area contributed by atoms with Gasteiger partial charge in [0.1, 0.15) is 0 Å². The van der Waals surface area contributed by atoms with Gasteiger partial charge in [0.25, 0.3) is 0 Å². The van der Waals surface area contributed by atoms with Crippen LogP contribution in [-0.2, 0) is 18.4 Å². The molecule has 9 heteroatoms. The second-order valence-electron chi connectivity index (χ2n) is 11.4. The molecule has 0 rings (SSSR count). The van der Waals surface area contributed by atoms with Gasteiger partial charge in [-0.05, 0) is 19.3 Å². The summed E-state index contributed by atoms with van der Waals surface area (Å²) in [4.78, 5) is 22.4. The van der Waals surface area contributed by atoms with E-state index in [-0.39, 0.29) is 25.7 Å². The predicted molar refractivity (Wildman–Crippen MR) is 171 cm³/mol. The van der Waals surface area contributed by atoms with Crippen molar-refractivity contribution in [2.75, 3.05) is 19.8 Å². The fourth-order valence-corrected chi connectivity index (χ4v) is 5.54. The Bertz CT molecular complexity index is 664. The van der Waals surface area contributed by atoms with Gasteiger partial charge in [-0.15, -0.1) is 0 Å². The van der Waals surface area contributed by atoms with Gasteiger partial charge in [0.2, 0.25) is 5.91 Å². The number of carbonyl (C=O) groups is 1. The number of unbranched alkanes of at least 4 members (excludes halogenated alkanes) is 19. The second kappa shape index (κ2) is 29.3. The SMILES string of the molecule is CCCCCCCC/C=C/C(O)C(COP(=O)(O)OCCN)NC(=O)CCCCCCCCCCCCCCCC. The molecule has 0 aromatic rings. The van der Waals surface area contributed by atoms with Gasteiger partial charge in [0, 0.05) is 13.0 Å². The molecular formula is C32H65N2O6P. The quantitative estimate of drug-likeness (QED) is 0.0357. The van der Waals surface area contributed by atoms with Crippen molar-refractivity contribution in [3.63, 3.8) is 0 Å². The minimum absolute atomic E-state index is 0.0804. The minimum atomic E-state index is -4.32. The topological polar surface area (TPSA) is 131 Å². The van der Waals surface area contributed by atoms with Gasteiger partial charge in [-0.1, -0.05) is 142 Å². The number of phosphoric ester groups is 1. The van der Waals surface area contributed by atoms with Gasteiger partial charge in [-0.3, -0.25) is 13.8 Å². The molecule has 41 heavy (non-hydrogen) atoms. The van der Waals surface area contributed by atoms with Crippen LogP contribution < -0.4 is 11.1 Å². The first-order valence-corrected chi connectivity index (χ1v) is 18.3. The van der Waals surface area contributed by atoms with Crippen LogP contribution in [0.1, 0.15) is 155 Å². The lowest BCUT2D eigenvalue weighted by Gasteiger charge is -2.23. The Morgan fingerprint density at radius 2 is 1.24 bits per heavy atom. The largest absolute Gasteiger partial charge is 0.472 e. The molecule has 244 valence electrons. The first-order valence-electron chi connectivity index (χ1n) is 16.8. The molecule has 0 saturated heterocycles. The molecule has 0 aliphatic rings. The molecule has 0 aromatic heterocycles. The van der Waals surface area contributed by atoms with E-state index in [9.17, 15) is 19.4 Å². The molecular weight excluding hydrogens is 539 g/mol. The number of aliphatic hydroxyl groups excluding tert-OH is 1. The highest BCUT2D eigenvalue weighted by atomic mass is 31.2. The zero-order chi connectivity index (χ0) is 30.4. The Labute approximate surface area is 252 Å². The molecule has 0 fully saturated rings. The van der Waals surface area contributed by atoms with Crippen LogP contribution in [-0.4, -0.2) is 47.8 Å². The highest BCUT2D eigenvalue weighted by Crippen LogP contribution is 2.43. The van der Waals surface area contributed by atoms with Crippen LogP contribution in [0.25, 0.3) is 0 Å². The van der Waals surface area contributed by atoms with E-state index in [0.717, 1.165) is 38.5 Å². The fourth-order valence-electron chi connectivity index (χ4n) is 4.78. The van der Waals surface area contributed by atoms with E-state index in [4.69, 9.17) is 14.8 Å². The molecule has 8 nitrogen and oxygen atoms in total.